The molecule has 0 bridgehead atoms. The van der Waals surface area contributed by atoms with Crippen LogP contribution < -0.4 is 21.7 Å². The number of rotatable bonds is 15. The van der Waals surface area contributed by atoms with Crippen molar-refractivity contribution in [2.75, 3.05) is 18.6 Å². The number of carbonyl (C=O) groups excluding carboxylic acids is 3. The lowest BCUT2D eigenvalue weighted by Gasteiger charge is -2.25. The van der Waals surface area contributed by atoms with E-state index in [-0.39, 0.29) is 12.3 Å². The number of aliphatic hydroxyl groups is 1. The van der Waals surface area contributed by atoms with Gasteiger partial charge in [0.15, 0.2) is 0 Å². The van der Waals surface area contributed by atoms with Crippen molar-refractivity contribution in [2.45, 2.75) is 57.3 Å². The van der Waals surface area contributed by atoms with E-state index in [1.807, 2.05) is 20.1 Å². The van der Waals surface area contributed by atoms with Crippen LogP contribution in [0.2, 0.25) is 0 Å². The fraction of sp³-hybridized carbons (Fsp3) is 0.565. The number of carboxylic acid groups (broad SMARTS) is 1. The third-order valence-electron chi connectivity index (χ3n) is 5.02. The molecule has 0 heterocycles. The van der Waals surface area contributed by atoms with Gasteiger partial charge in [-0.3, -0.25) is 14.4 Å². The molecule has 4 unspecified atom stereocenters. The summed E-state index contributed by atoms with van der Waals surface area (Å²) in [6, 6.07) is 4.57. The molecule has 11 heteroatoms. The summed E-state index contributed by atoms with van der Waals surface area (Å²) in [6.07, 6.45) is 2.74. The number of hydrogen-bond donors (Lipinski definition) is 6. The molecule has 1 aromatic carbocycles. The van der Waals surface area contributed by atoms with Gasteiger partial charge in [0.2, 0.25) is 17.7 Å². The molecular formula is C23H36N4O6S. The Morgan fingerprint density at radius 2 is 1.50 bits per heavy atom. The number of carbonyl (C=O) groups is 4. The molecule has 190 valence electrons. The number of aliphatic carboxylic acids is 1. The summed E-state index contributed by atoms with van der Waals surface area (Å²) < 4.78 is 0. The van der Waals surface area contributed by atoms with Crippen molar-refractivity contribution in [2.24, 2.45) is 11.7 Å². The topological polar surface area (TPSA) is 171 Å². The SMILES string of the molecule is CSCCC(NC(=O)C(N)CC(C)C)C(=O)NC(Cc1ccccc1)C(=O)NC(CO)C(=O)O. The summed E-state index contributed by atoms with van der Waals surface area (Å²) in [7, 11) is 0. The second-order valence-corrected chi connectivity index (χ2v) is 9.40. The van der Waals surface area contributed by atoms with E-state index < -0.39 is 54.5 Å². The molecule has 1 rings (SSSR count). The average molecular weight is 497 g/mol. The third-order valence-corrected chi connectivity index (χ3v) is 5.66. The zero-order chi connectivity index (χ0) is 25.7. The van der Waals surface area contributed by atoms with Gasteiger partial charge in [0.1, 0.15) is 18.1 Å². The van der Waals surface area contributed by atoms with E-state index in [9.17, 15) is 24.3 Å². The van der Waals surface area contributed by atoms with Gasteiger partial charge in [-0.15, -0.1) is 0 Å². The van der Waals surface area contributed by atoms with Crippen LogP contribution in [0.15, 0.2) is 30.3 Å². The zero-order valence-electron chi connectivity index (χ0n) is 19.8. The van der Waals surface area contributed by atoms with Crippen molar-refractivity contribution in [3.8, 4) is 0 Å². The van der Waals surface area contributed by atoms with E-state index in [0.717, 1.165) is 5.56 Å². The largest absolute Gasteiger partial charge is 0.480 e. The highest BCUT2D eigenvalue weighted by Crippen LogP contribution is 2.08. The van der Waals surface area contributed by atoms with Crippen LogP contribution in [0, 0.1) is 5.92 Å². The Morgan fingerprint density at radius 3 is 2.03 bits per heavy atom. The number of thioether (sulfide) groups is 1. The van der Waals surface area contributed by atoms with Gasteiger partial charge in [0, 0.05) is 6.42 Å². The van der Waals surface area contributed by atoms with E-state index in [0.29, 0.717) is 18.6 Å². The van der Waals surface area contributed by atoms with E-state index in [1.54, 1.807) is 30.3 Å². The van der Waals surface area contributed by atoms with E-state index in [1.165, 1.54) is 11.8 Å². The predicted octanol–water partition coefficient (Wildman–Crippen LogP) is -0.113. The van der Waals surface area contributed by atoms with Crippen LogP contribution in [0.25, 0.3) is 0 Å². The van der Waals surface area contributed by atoms with Crippen LogP contribution in [0.4, 0.5) is 0 Å². The van der Waals surface area contributed by atoms with Crippen LogP contribution >= 0.6 is 11.8 Å². The van der Waals surface area contributed by atoms with Crippen LogP contribution in [-0.2, 0) is 25.6 Å². The van der Waals surface area contributed by atoms with Gasteiger partial charge in [-0.05, 0) is 36.3 Å². The summed E-state index contributed by atoms with van der Waals surface area (Å²) in [5.74, 6) is -2.41. The summed E-state index contributed by atoms with van der Waals surface area (Å²) in [4.78, 5) is 49.7. The lowest BCUT2D eigenvalue weighted by Crippen LogP contribution is -2.58. The Kier molecular flexibility index (Phi) is 13.2. The maximum atomic E-state index is 13.1. The standard InChI is InChI=1S/C23H36N4O6S/c1-14(2)11-16(24)20(29)25-17(9-10-34-3)21(30)26-18(12-15-7-5-4-6-8-15)22(31)27-19(13-28)23(32)33/h4-8,14,16-19,28H,9-13,24H2,1-3H3,(H,25,29)(H,26,30)(H,27,31)(H,32,33). The molecule has 3 amide bonds. The summed E-state index contributed by atoms with van der Waals surface area (Å²) in [5.41, 5.74) is 6.69. The molecule has 7 N–H and O–H groups in total. The average Bonchev–Trinajstić information content (AvgIpc) is 2.79. The van der Waals surface area contributed by atoms with Crippen molar-refractivity contribution in [1.29, 1.82) is 0 Å². The highest BCUT2D eigenvalue weighted by Gasteiger charge is 2.30. The van der Waals surface area contributed by atoms with Crippen molar-refractivity contribution in [3.05, 3.63) is 35.9 Å². The first kappa shape index (κ1) is 29.4. The van der Waals surface area contributed by atoms with E-state index in [2.05, 4.69) is 16.0 Å². The van der Waals surface area contributed by atoms with Gasteiger partial charge in [-0.1, -0.05) is 44.2 Å². The minimum atomic E-state index is -1.51. The van der Waals surface area contributed by atoms with Crippen LogP contribution in [-0.4, -0.2) is 76.7 Å². The van der Waals surface area contributed by atoms with Gasteiger partial charge in [0.05, 0.1) is 12.6 Å². The number of aliphatic hydroxyl groups excluding tert-OH is 1. The number of carboxylic acids is 1. The van der Waals surface area contributed by atoms with Gasteiger partial charge in [-0.25, -0.2) is 4.79 Å². The van der Waals surface area contributed by atoms with E-state index in [4.69, 9.17) is 10.8 Å². The van der Waals surface area contributed by atoms with Gasteiger partial charge >= 0.3 is 5.97 Å². The predicted molar refractivity (Wildman–Crippen MR) is 131 cm³/mol. The van der Waals surface area contributed by atoms with Crippen molar-refractivity contribution in [1.82, 2.24) is 16.0 Å². The number of benzene rings is 1. The summed E-state index contributed by atoms with van der Waals surface area (Å²) >= 11 is 1.50. The number of nitrogens with one attached hydrogen (secondary N) is 3. The summed E-state index contributed by atoms with van der Waals surface area (Å²) in [6.45, 7) is 3.08. The Morgan fingerprint density at radius 1 is 0.941 bits per heavy atom. The minimum absolute atomic E-state index is 0.0895. The van der Waals surface area contributed by atoms with Crippen LogP contribution in [0.1, 0.15) is 32.3 Å². The highest BCUT2D eigenvalue weighted by molar-refractivity contribution is 7.98. The van der Waals surface area contributed by atoms with Gasteiger partial charge < -0.3 is 31.9 Å². The molecule has 0 fully saturated rings. The quantitative estimate of drug-likeness (QED) is 0.195. The van der Waals surface area contributed by atoms with Crippen LogP contribution in [0.3, 0.4) is 0 Å². The first-order chi connectivity index (χ1) is 16.1. The second kappa shape index (κ2) is 15.3. The molecule has 10 nitrogen and oxygen atoms in total. The van der Waals surface area contributed by atoms with Crippen molar-refractivity contribution < 1.29 is 29.4 Å². The molecule has 34 heavy (non-hydrogen) atoms. The molecule has 0 aliphatic carbocycles. The number of nitrogens with two attached hydrogens (primary N) is 1. The molecule has 1 aromatic rings. The molecule has 0 radical (unpaired) electrons. The lowest BCUT2D eigenvalue weighted by atomic mass is 10.0. The fourth-order valence-electron chi connectivity index (χ4n) is 3.19. The molecule has 0 aromatic heterocycles. The maximum Gasteiger partial charge on any atom is 0.328 e. The smallest absolute Gasteiger partial charge is 0.328 e. The Balaban J connectivity index is 3.04. The molecule has 0 saturated heterocycles. The molecule has 0 saturated carbocycles. The molecule has 0 spiro atoms. The third kappa shape index (κ3) is 10.5. The number of amides is 3. The Hall–Kier alpha value is -2.63. The first-order valence-electron chi connectivity index (χ1n) is 11.1. The van der Waals surface area contributed by atoms with Crippen LogP contribution in [0.5, 0.6) is 0 Å². The molecule has 0 aliphatic rings. The lowest BCUT2D eigenvalue weighted by molar-refractivity contribution is -0.143. The monoisotopic (exact) mass is 496 g/mol. The molecular weight excluding hydrogens is 460 g/mol. The Labute approximate surface area is 204 Å². The van der Waals surface area contributed by atoms with Crippen molar-refractivity contribution >= 4 is 35.5 Å². The second-order valence-electron chi connectivity index (χ2n) is 8.41. The minimum Gasteiger partial charge on any atom is -0.480 e. The normalized spacial score (nSPS) is 14.5. The maximum absolute atomic E-state index is 13.1. The zero-order valence-corrected chi connectivity index (χ0v) is 20.6. The molecule has 4 atom stereocenters. The highest BCUT2D eigenvalue weighted by atomic mass is 32.2. The molecule has 0 aliphatic heterocycles. The van der Waals surface area contributed by atoms with Crippen molar-refractivity contribution in [3.63, 3.8) is 0 Å². The number of hydrogen-bond acceptors (Lipinski definition) is 7. The van der Waals surface area contributed by atoms with Gasteiger partial charge in [0.25, 0.3) is 0 Å². The Bertz CT molecular complexity index is 808. The first-order valence-corrected chi connectivity index (χ1v) is 12.5. The van der Waals surface area contributed by atoms with Gasteiger partial charge in [-0.2, -0.15) is 11.8 Å². The fourth-order valence-corrected chi connectivity index (χ4v) is 3.66. The van der Waals surface area contributed by atoms with E-state index >= 15 is 0 Å². The summed E-state index contributed by atoms with van der Waals surface area (Å²) in [5, 5.41) is 26.0.